The van der Waals surface area contributed by atoms with E-state index in [-0.39, 0.29) is 0 Å². The smallest absolute Gasteiger partial charge is 0.320 e. The molecule has 0 saturated carbocycles. The maximum Gasteiger partial charge on any atom is 0.320 e. The predicted octanol–water partition coefficient (Wildman–Crippen LogP) is 6.24. The summed E-state index contributed by atoms with van der Waals surface area (Å²) in [6.07, 6.45) is 0.330. The number of carboxylic acids is 1. The van der Waals surface area contributed by atoms with Crippen molar-refractivity contribution in [3.8, 4) is 0 Å². The van der Waals surface area contributed by atoms with Crippen molar-refractivity contribution in [3.05, 3.63) is 144 Å². The van der Waals surface area contributed by atoms with Gasteiger partial charge in [0.15, 0.2) is 0 Å². The van der Waals surface area contributed by atoms with E-state index in [9.17, 15) is 9.90 Å². The molecule has 4 rings (SSSR count). The lowest BCUT2D eigenvalue weighted by molar-refractivity contribution is -0.140. The second kappa shape index (κ2) is 16.2. The van der Waals surface area contributed by atoms with Crippen molar-refractivity contribution in [2.75, 3.05) is 19.7 Å². The van der Waals surface area contributed by atoms with Gasteiger partial charge in [-0.3, -0.25) is 10.1 Å². The summed E-state index contributed by atoms with van der Waals surface area (Å²) in [4.78, 5) is 12.4. The summed E-state index contributed by atoms with van der Waals surface area (Å²) in [5.74, 6) is -0.907. The highest BCUT2D eigenvalue weighted by Crippen LogP contribution is 2.37. The SMILES string of the molecule is CCNCC.O=C(O)[C@H](CCOCc1ccccc1)NC(c1ccccc1)(c1ccccc1)c1ccccc1. The average Bonchev–Trinajstić information content (AvgIpc) is 2.99. The molecule has 0 aliphatic rings. The highest BCUT2D eigenvalue weighted by Gasteiger charge is 2.39. The molecule has 0 amide bonds. The molecule has 39 heavy (non-hydrogen) atoms. The van der Waals surface area contributed by atoms with E-state index in [1.54, 1.807) is 0 Å². The third-order valence-corrected chi connectivity index (χ3v) is 6.47. The largest absolute Gasteiger partial charge is 0.480 e. The fourth-order valence-electron chi connectivity index (χ4n) is 4.55. The standard InChI is InChI=1S/C30H29NO3.C4H11N/c32-29(33)28(21-22-34-23-24-13-5-1-6-14-24)31-30(25-15-7-2-8-16-25,26-17-9-3-10-18-26)27-19-11-4-12-20-27;1-3-5-4-2/h1-20,28,31H,21-23H2,(H,32,33);5H,3-4H2,1-2H3/t28-;/m0./s1. The van der Waals surface area contributed by atoms with Gasteiger partial charge in [0.05, 0.1) is 12.1 Å². The van der Waals surface area contributed by atoms with Crippen molar-refractivity contribution in [1.29, 1.82) is 0 Å². The Morgan fingerprint density at radius 3 is 1.49 bits per heavy atom. The third-order valence-electron chi connectivity index (χ3n) is 6.47. The molecule has 4 aromatic rings. The normalized spacial score (nSPS) is 11.7. The first-order valence-electron chi connectivity index (χ1n) is 13.6. The number of ether oxygens (including phenoxy) is 1. The first-order valence-corrected chi connectivity index (χ1v) is 13.6. The number of hydrogen-bond acceptors (Lipinski definition) is 4. The predicted molar refractivity (Wildman–Crippen MR) is 159 cm³/mol. The first kappa shape index (κ1) is 29.8. The lowest BCUT2D eigenvalue weighted by Gasteiger charge is -2.39. The van der Waals surface area contributed by atoms with Crippen molar-refractivity contribution in [1.82, 2.24) is 10.6 Å². The van der Waals surface area contributed by atoms with Gasteiger partial charge in [0.25, 0.3) is 0 Å². The van der Waals surface area contributed by atoms with Gasteiger partial charge in [-0.25, -0.2) is 0 Å². The van der Waals surface area contributed by atoms with Gasteiger partial charge < -0.3 is 15.2 Å². The van der Waals surface area contributed by atoms with Crippen molar-refractivity contribution in [3.63, 3.8) is 0 Å². The van der Waals surface area contributed by atoms with Gasteiger partial charge >= 0.3 is 5.97 Å². The molecule has 0 bridgehead atoms. The topological polar surface area (TPSA) is 70.6 Å². The van der Waals surface area contributed by atoms with Crippen molar-refractivity contribution < 1.29 is 14.6 Å². The molecule has 3 N–H and O–H groups in total. The zero-order valence-electron chi connectivity index (χ0n) is 22.9. The fraction of sp³-hybridized carbons (Fsp3) is 0.265. The molecule has 0 aliphatic heterocycles. The third kappa shape index (κ3) is 8.62. The van der Waals surface area contributed by atoms with Crippen LogP contribution in [-0.2, 0) is 21.7 Å². The van der Waals surface area contributed by atoms with E-state index in [2.05, 4.69) is 24.5 Å². The van der Waals surface area contributed by atoms with Gasteiger partial charge in [-0.2, -0.15) is 0 Å². The van der Waals surface area contributed by atoms with E-state index in [0.717, 1.165) is 35.3 Å². The van der Waals surface area contributed by atoms with E-state index in [0.29, 0.717) is 19.6 Å². The Labute approximate surface area is 232 Å². The molecule has 1 atom stereocenters. The van der Waals surface area contributed by atoms with Crippen molar-refractivity contribution in [2.45, 2.75) is 38.5 Å². The fourth-order valence-corrected chi connectivity index (χ4v) is 4.55. The molecule has 4 aromatic carbocycles. The van der Waals surface area contributed by atoms with Crippen LogP contribution in [0.15, 0.2) is 121 Å². The zero-order valence-corrected chi connectivity index (χ0v) is 22.9. The molecular weight excluding hydrogens is 484 g/mol. The first-order chi connectivity index (χ1) is 19.1. The Kier molecular flexibility index (Phi) is 12.4. The number of nitrogens with one attached hydrogen (secondary N) is 2. The van der Waals surface area contributed by atoms with Gasteiger partial charge in [-0.05, 0) is 41.8 Å². The van der Waals surface area contributed by atoms with Gasteiger partial charge in [-0.1, -0.05) is 135 Å². The number of benzene rings is 4. The molecule has 5 heteroatoms. The maximum absolute atomic E-state index is 12.4. The van der Waals surface area contributed by atoms with Crippen molar-refractivity contribution >= 4 is 5.97 Å². The number of aliphatic carboxylic acids is 1. The van der Waals surface area contributed by atoms with Crippen LogP contribution >= 0.6 is 0 Å². The van der Waals surface area contributed by atoms with E-state index in [1.807, 2.05) is 121 Å². The highest BCUT2D eigenvalue weighted by molar-refractivity contribution is 5.74. The summed E-state index contributed by atoms with van der Waals surface area (Å²) in [5, 5.41) is 16.8. The minimum atomic E-state index is -0.907. The van der Waals surface area contributed by atoms with Crippen LogP contribution in [-0.4, -0.2) is 36.8 Å². The summed E-state index contributed by atoms with van der Waals surface area (Å²) in [6.45, 7) is 7.17. The Bertz CT molecular complexity index is 1100. The molecule has 0 aliphatic carbocycles. The van der Waals surface area contributed by atoms with Crippen LogP contribution in [0, 0.1) is 0 Å². The van der Waals surface area contributed by atoms with Gasteiger partial charge in [0.1, 0.15) is 6.04 Å². The molecule has 0 fully saturated rings. The van der Waals surface area contributed by atoms with E-state index in [4.69, 9.17) is 4.74 Å². The molecule has 0 saturated heterocycles. The highest BCUT2D eigenvalue weighted by atomic mass is 16.5. The van der Waals surface area contributed by atoms with Crippen LogP contribution in [0.5, 0.6) is 0 Å². The number of carboxylic acid groups (broad SMARTS) is 1. The van der Waals surface area contributed by atoms with Crippen LogP contribution < -0.4 is 10.6 Å². The van der Waals surface area contributed by atoms with Crippen LogP contribution in [0.25, 0.3) is 0 Å². The van der Waals surface area contributed by atoms with E-state index in [1.165, 1.54) is 0 Å². The second-order valence-corrected chi connectivity index (χ2v) is 9.17. The Hall–Kier alpha value is -3.77. The Morgan fingerprint density at radius 1 is 0.718 bits per heavy atom. The maximum atomic E-state index is 12.4. The Balaban J connectivity index is 0.000000771. The molecular formula is C34H40N2O3. The molecule has 204 valence electrons. The number of hydrogen-bond donors (Lipinski definition) is 3. The minimum absolute atomic E-state index is 0.327. The van der Waals surface area contributed by atoms with Crippen LogP contribution in [0.4, 0.5) is 0 Å². The lowest BCUT2D eigenvalue weighted by Crippen LogP contribution is -2.53. The summed E-state index contributed by atoms with van der Waals surface area (Å²) >= 11 is 0. The minimum Gasteiger partial charge on any atom is -0.480 e. The monoisotopic (exact) mass is 524 g/mol. The second-order valence-electron chi connectivity index (χ2n) is 9.17. The molecule has 0 unspecified atom stereocenters. The summed E-state index contributed by atoms with van der Waals surface area (Å²) in [7, 11) is 0. The summed E-state index contributed by atoms with van der Waals surface area (Å²) < 4.78 is 5.83. The van der Waals surface area contributed by atoms with Crippen molar-refractivity contribution in [2.24, 2.45) is 0 Å². The Morgan fingerprint density at radius 2 is 1.13 bits per heavy atom. The summed E-state index contributed by atoms with van der Waals surface area (Å²) in [6, 6.07) is 39.1. The van der Waals surface area contributed by atoms with E-state index < -0.39 is 17.6 Å². The summed E-state index contributed by atoms with van der Waals surface area (Å²) in [5.41, 5.74) is 3.15. The molecule has 0 heterocycles. The molecule has 0 spiro atoms. The van der Waals surface area contributed by atoms with Gasteiger partial charge in [-0.15, -0.1) is 0 Å². The van der Waals surface area contributed by atoms with E-state index >= 15 is 0 Å². The van der Waals surface area contributed by atoms with Crippen LogP contribution in [0.2, 0.25) is 0 Å². The molecule has 5 nitrogen and oxygen atoms in total. The molecule has 0 radical (unpaired) electrons. The van der Waals surface area contributed by atoms with Gasteiger partial charge in [0, 0.05) is 6.61 Å². The molecule has 0 aromatic heterocycles. The average molecular weight is 525 g/mol. The lowest BCUT2D eigenvalue weighted by atomic mass is 9.76. The van der Waals surface area contributed by atoms with Crippen LogP contribution in [0.1, 0.15) is 42.5 Å². The number of rotatable bonds is 13. The zero-order chi connectivity index (χ0) is 27.8. The number of carbonyl (C=O) groups is 1. The van der Waals surface area contributed by atoms with Gasteiger partial charge in [0.2, 0.25) is 0 Å². The quantitative estimate of drug-likeness (QED) is 0.143. The van der Waals surface area contributed by atoms with Crippen LogP contribution in [0.3, 0.4) is 0 Å².